The number of aromatic nitrogens is 2. The highest BCUT2D eigenvalue weighted by molar-refractivity contribution is 7.26. The Morgan fingerprint density at radius 1 is 0.387 bits per heavy atom. The number of rotatable bonds is 4. The highest BCUT2D eigenvalue weighted by Gasteiger charge is 2.23. The number of hydrogen-bond donors (Lipinski definition) is 0. The van der Waals surface area contributed by atoms with Gasteiger partial charge < -0.3 is 13.6 Å². The van der Waals surface area contributed by atoms with Gasteiger partial charge in [-0.05, 0) is 71.1 Å². The molecule has 0 N–H and O–H groups in total. The second kappa shape index (κ2) is 12.8. The fourth-order valence-electron chi connectivity index (χ4n) is 10.4. The molecule has 0 aliphatic heterocycles. The number of benzene rings is 10. The molecule has 0 fully saturated rings. The second-order valence-corrected chi connectivity index (χ2v) is 17.4. The summed E-state index contributed by atoms with van der Waals surface area (Å²) < 4.78 is 14.4. The van der Waals surface area contributed by atoms with Gasteiger partial charge in [0.05, 0.1) is 27.8 Å². The van der Waals surface area contributed by atoms with E-state index >= 15 is 0 Å². The van der Waals surface area contributed by atoms with Gasteiger partial charge in [-0.3, -0.25) is 0 Å². The zero-order valence-electron chi connectivity index (χ0n) is 33.3. The second-order valence-electron chi connectivity index (χ2n) is 16.4. The predicted octanol–water partition coefficient (Wildman–Crippen LogP) is 16.6. The Morgan fingerprint density at radius 3 is 2.02 bits per heavy atom. The standard InChI is InChI=1S/C58H34N2OS/c1-2-13-35(14-3-1)37-27-30-51-47(33-37)41-29-31-52-55(46-19-6-8-24-50(46)60(52)49-25-10-16-36-15-4-5-17-39(36)49)56(41)59(51)38-28-32-53-48(34-38)43-21-11-20-42(57(43)61-53)45-23-12-22-44-40-18-7-9-26-54(40)62-58(44)45/h1-34H. The van der Waals surface area contributed by atoms with Crippen LogP contribution in [-0.2, 0) is 0 Å². The summed E-state index contributed by atoms with van der Waals surface area (Å²) in [7, 11) is 0. The normalized spacial score (nSPS) is 12.2. The van der Waals surface area contributed by atoms with Gasteiger partial charge >= 0.3 is 0 Å². The summed E-state index contributed by atoms with van der Waals surface area (Å²) in [5.74, 6) is 0. The average Bonchev–Trinajstić information content (AvgIpc) is 4.09. The topological polar surface area (TPSA) is 23.0 Å². The zero-order chi connectivity index (χ0) is 40.5. The Bertz CT molecular complexity index is 4160. The SMILES string of the molecule is c1ccc(-c2ccc3c(c2)c2ccc4c(c5ccccc5n4-c4cccc5ccccc45)c2n3-c2ccc3oc4c(-c5cccc6c5sc5ccccc56)cccc4c3c2)cc1. The third kappa shape index (κ3) is 4.70. The molecule has 4 heterocycles. The molecule has 288 valence electrons. The molecule has 4 aromatic heterocycles. The highest BCUT2D eigenvalue weighted by atomic mass is 32.1. The zero-order valence-corrected chi connectivity index (χ0v) is 34.2. The Kier molecular flexibility index (Phi) is 6.99. The van der Waals surface area contributed by atoms with Crippen molar-refractivity contribution in [2.75, 3.05) is 0 Å². The monoisotopic (exact) mass is 806 g/mol. The molecule has 0 spiro atoms. The van der Waals surface area contributed by atoms with Crippen LogP contribution in [0.15, 0.2) is 211 Å². The van der Waals surface area contributed by atoms with Crippen LogP contribution in [0.4, 0.5) is 0 Å². The molecule has 0 amide bonds. The lowest BCUT2D eigenvalue weighted by Crippen LogP contribution is -1.96. The molecular formula is C58H34N2OS. The van der Waals surface area contributed by atoms with Crippen molar-refractivity contribution >= 4 is 108 Å². The van der Waals surface area contributed by atoms with E-state index < -0.39 is 0 Å². The van der Waals surface area contributed by atoms with Gasteiger partial charge in [0.15, 0.2) is 0 Å². The first-order valence-corrected chi connectivity index (χ1v) is 22.0. The summed E-state index contributed by atoms with van der Waals surface area (Å²) in [6.07, 6.45) is 0. The van der Waals surface area contributed by atoms with Crippen LogP contribution < -0.4 is 0 Å². The third-order valence-corrected chi connectivity index (χ3v) is 14.3. The number of fused-ring (bicyclic) bond motifs is 14. The fourth-order valence-corrected chi connectivity index (χ4v) is 11.6. The molecule has 4 heteroatoms. The van der Waals surface area contributed by atoms with Crippen molar-refractivity contribution < 1.29 is 4.42 Å². The van der Waals surface area contributed by atoms with Crippen molar-refractivity contribution in [1.29, 1.82) is 0 Å². The largest absolute Gasteiger partial charge is 0.455 e. The fraction of sp³-hybridized carbons (Fsp3) is 0. The molecular weight excluding hydrogens is 773 g/mol. The number of nitrogens with zero attached hydrogens (tertiary/aromatic N) is 2. The van der Waals surface area contributed by atoms with Crippen molar-refractivity contribution in [3.8, 4) is 33.6 Å². The summed E-state index contributed by atoms with van der Waals surface area (Å²) in [6.45, 7) is 0. The van der Waals surface area contributed by atoms with Gasteiger partial charge in [-0.2, -0.15) is 0 Å². The molecule has 0 aliphatic rings. The number of furan rings is 1. The van der Waals surface area contributed by atoms with Gasteiger partial charge in [-0.1, -0.05) is 152 Å². The summed E-state index contributed by atoms with van der Waals surface area (Å²) in [4.78, 5) is 0. The Morgan fingerprint density at radius 2 is 1.10 bits per heavy atom. The molecule has 0 radical (unpaired) electrons. The smallest absolute Gasteiger partial charge is 0.143 e. The Hall–Kier alpha value is -7.92. The molecule has 62 heavy (non-hydrogen) atoms. The van der Waals surface area contributed by atoms with E-state index in [1.807, 2.05) is 11.3 Å². The third-order valence-electron chi connectivity index (χ3n) is 13.1. The minimum absolute atomic E-state index is 0.879. The van der Waals surface area contributed by atoms with E-state index in [-0.39, 0.29) is 0 Å². The van der Waals surface area contributed by atoms with Crippen molar-refractivity contribution in [3.63, 3.8) is 0 Å². The molecule has 3 nitrogen and oxygen atoms in total. The van der Waals surface area contributed by atoms with E-state index in [9.17, 15) is 0 Å². The van der Waals surface area contributed by atoms with E-state index in [2.05, 4.69) is 215 Å². The number of para-hydroxylation sites is 2. The van der Waals surface area contributed by atoms with Crippen LogP contribution in [0.3, 0.4) is 0 Å². The van der Waals surface area contributed by atoms with Gasteiger partial charge in [0.25, 0.3) is 0 Å². The van der Waals surface area contributed by atoms with Crippen LogP contribution in [0.5, 0.6) is 0 Å². The van der Waals surface area contributed by atoms with Gasteiger partial charge in [0, 0.05) is 74.7 Å². The van der Waals surface area contributed by atoms with Crippen molar-refractivity contribution in [3.05, 3.63) is 206 Å². The first-order chi connectivity index (χ1) is 30.8. The molecule has 0 bridgehead atoms. The minimum Gasteiger partial charge on any atom is -0.455 e. The average molecular weight is 807 g/mol. The summed E-state index contributed by atoms with van der Waals surface area (Å²) in [5.41, 5.74) is 13.5. The van der Waals surface area contributed by atoms with E-state index in [0.29, 0.717) is 0 Å². The first kappa shape index (κ1) is 33.9. The maximum Gasteiger partial charge on any atom is 0.143 e. The van der Waals surface area contributed by atoms with Crippen LogP contribution in [0.1, 0.15) is 0 Å². The van der Waals surface area contributed by atoms with E-state index in [1.165, 1.54) is 96.9 Å². The lowest BCUT2D eigenvalue weighted by molar-refractivity contribution is 0.670. The first-order valence-electron chi connectivity index (χ1n) is 21.2. The number of thiophene rings is 1. The van der Waals surface area contributed by atoms with Crippen molar-refractivity contribution in [2.45, 2.75) is 0 Å². The molecule has 14 rings (SSSR count). The molecule has 10 aromatic carbocycles. The van der Waals surface area contributed by atoms with Gasteiger partial charge in [-0.15, -0.1) is 11.3 Å². The molecule has 0 aliphatic carbocycles. The van der Waals surface area contributed by atoms with E-state index in [4.69, 9.17) is 4.42 Å². The summed E-state index contributed by atoms with van der Waals surface area (Å²) in [5, 5.41) is 12.2. The van der Waals surface area contributed by atoms with Crippen LogP contribution >= 0.6 is 11.3 Å². The van der Waals surface area contributed by atoms with E-state index in [0.717, 1.165) is 33.2 Å². The van der Waals surface area contributed by atoms with E-state index in [1.54, 1.807) is 0 Å². The maximum atomic E-state index is 6.88. The maximum absolute atomic E-state index is 6.88. The summed E-state index contributed by atoms with van der Waals surface area (Å²) >= 11 is 1.86. The summed E-state index contributed by atoms with van der Waals surface area (Å²) in [6, 6.07) is 75.4. The molecule has 0 saturated carbocycles. The van der Waals surface area contributed by atoms with Crippen LogP contribution in [-0.4, -0.2) is 9.13 Å². The highest BCUT2D eigenvalue weighted by Crippen LogP contribution is 2.46. The number of hydrogen-bond acceptors (Lipinski definition) is 2. The molecule has 0 saturated heterocycles. The Labute approximate surface area is 359 Å². The molecule has 0 atom stereocenters. The van der Waals surface area contributed by atoms with Crippen molar-refractivity contribution in [2.24, 2.45) is 0 Å². The lowest BCUT2D eigenvalue weighted by Gasteiger charge is -2.12. The van der Waals surface area contributed by atoms with Gasteiger partial charge in [0.1, 0.15) is 11.2 Å². The lowest BCUT2D eigenvalue weighted by atomic mass is 10.00. The quantitative estimate of drug-likeness (QED) is 0.174. The Balaban J connectivity index is 1.07. The van der Waals surface area contributed by atoms with Gasteiger partial charge in [0.2, 0.25) is 0 Å². The van der Waals surface area contributed by atoms with Crippen molar-refractivity contribution in [1.82, 2.24) is 9.13 Å². The molecule has 0 unspecified atom stereocenters. The molecule has 14 aromatic rings. The minimum atomic E-state index is 0.879. The van der Waals surface area contributed by atoms with Crippen LogP contribution in [0.2, 0.25) is 0 Å². The van der Waals surface area contributed by atoms with Crippen LogP contribution in [0.25, 0.3) is 130 Å². The van der Waals surface area contributed by atoms with Crippen LogP contribution in [0, 0.1) is 0 Å². The van der Waals surface area contributed by atoms with Gasteiger partial charge in [-0.25, -0.2) is 0 Å². The predicted molar refractivity (Wildman–Crippen MR) is 264 cm³/mol.